The van der Waals surface area contributed by atoms with Gasteiger partial charge in [-0.3, -0.25) is 4.79 Å². The SMILES string of the molecule is O=C1COCCCN1CCN1CCC(c2nnc3cc4c(nn23)CCC4)CC1. The Labute approximate surface area is 164 Å². The Kier molecular flexibility index (Phi) is 4.98. The van der Waals surface area contributed by atoms with Crippen molar-refractivity contribution in [1.82, 2.24) is 29.6 Å². The fourth-order valence-corrected chi connectivity index (χ4v) is 4.70. The Morgan fingerprint density at radius 2 is 1.96 bits per heavy atom. The predicted octanol–water partition coefficient (Wildman–Crippen LogP) is 1.04. The van der Waals surface area contributed by atoms with Gasteiger partial charge < -0.3 is 14.5 Å². The Bertz CT molecular complexity index is 858. The third-order valence-corrected chi connectivity index (χ3v) is 6.38. The second-order valence-corrected chi connectivity index (χ2v) is 8.20. The summed E-state index contributed by atoms with van der Waals surface area (Å²) >= 11 is 0. The second kappa shape index (κ2) is 7.75. The van der Waals surface area contributed by atoms with Gasteiger partial charge in [-0.05, 0) is 63.2 Å². The first-order valence-electron chi connectivity index (χ1n) is 10.6. The number of amides is 1. The molecule has 5 rings (SSSR count). The summed E-state index contributed by atoms with van der Waals surface area (Å²) in [5, 5.41) is 13.7. The van der Waals surface area contributed by atoms with Crippen molar-refractivity contribution in [2.75, 3.05) is 45.9 Å². The van der Waals surface area contributed by atoms with Crippen LogP contribution in [-0.4, -0.2) is 81.5 Å². The highest BCUT2D eigenvalue weighted by molar-refractivity contribution is 5.77. The summed E-state index contributed by atoms with van der Waals surface area (Å²) in [6, 6.07) is 2.17. The van der Waals surface area contributed by atoms with Crippen LogP contribution in [-0.2, 0) is 22.4 Å². The number of piperidine rings is 1. The molecule has 3 aliphatic rings. The number of ether oxygens (including phenoxy) is 1. The number of hydrogen-bond acceptors (Lipinski definition) is 6. The molecular formula is C20H28N6O2. The van der Waals surface area contributed by atoms with Crippen LogP contribution in [0, 0.1) is 0 Å². The van der Waals surface area contributed by atoms with E-state index in [0.29, 0.717) is 12.5 Å². The third-order valence-electron chi connectivity index (χ3n) is 6.38. The summed E-state index contributed by atoms with van der Waals surface area (Å²) in [5.41, 5.74) is 3.45. The average molecular weight is 384 g/mol. The van der Waals surface area contributed by atoms with E-state index in [1.165, 1.54) is 17.7 Å². The number of carbonyl (C=O) groups excluding carboxylic acids is 1. The van der Waals surface area contributed by atoms with Gasteiger partial charge in [0.05, 0.1) is 5.69 Å². The fraction of sp³-hybridized carbons (Fsp3) is 0.700. The molecule has 0 atom stereocenters. The molecule has 0 N–H and O–H groups in total. The van der Waals surface area contributed by atoms with Gasteiger partial charge in [0.2, 0.25) is 5.91 Å². The van der Waals surface area contributed by atoms with Crippen LogP contribution < -0.4 is 0 Å². The first-order valence-corrected chi connectivity index (χ1v) is 10.6. The van der Waals surface area contributed by atoms with Gasteiger partial charge in [-0.25, -0.2) is 0 Å². The van der Waals surface area contributed by atoms with E-state index < -0.39 is 0 Å². The van der Waals surface area contributed by atoms with E-state index in [1.54, 1.807) is 0 Å². The molecular weight excluding hydrogens is 356 g/mol. The van der Waals surface area contributed by atoms with Gasteiger partial charge in [0.1, 0.15) is 6.61 Å². The van der Waals surface area contributed by atoms with Crippen molar-refractivity contribution in [3.8, 4) is 0 Å². The molecule has 8 nitrogen and oxygen atoms in total. The number of nitrogens with zero attached hydrogens (tertiary/aromatic N) is 6. The zero-order valence-electron chi connectivity index (χ0n) is 16.3. The highest BCUT2D eigenvalue weighted by atomic mass is 16.5. The smallest absolute Gasteiger partial charge is 0.248 e. The lowest BCUT2D eigenvalue weighted by Crippen LogP contribution is -2.42. The van der Waals surface area contributed by atoms with E-state index in [0.717, 1.165) is 76.3 Å². The zero-order chi connectivity index (χ0) is 18.9. The Morgan fingerprint density at radius 1 is 1.07 bits per heavy atom. The van der Waals surface area contributed by atoms with Crippen LogP contribution in [0.3, 0.4) is 0 Å². The van der Waals surface area contributed by atoms with E-state index >= 15 is 0 Å². The molecule has 28 heavy (non-hydrogen) atoms. The van der Waals surface area contributed by atoms with Crippen molar-refractivity contribution in [1.29, 1.82) is 0 Å². The Morgan fingerprint density at radius 3 is 2.86 bits per heavy atom. The summed E-state index contributed by atoms with van der Waals surface area (Å²) in [5.74, 6) is 1.55. The molecule has 150 valence electrons. The third kappa shape index (κ3) is 3.51. The highest BCUT2D eigenvalue weighted by Gasteiger charge is 2.27. The molecule has 2 aliphatic heterocycles. The van der Waals surface area contributed by atoms with E-state index in [-0.39, 0.29) is 12.5 Å². The Balaban J connectivity index is 1.19. The van der Waals surface area contributed by atoms with Crippen molar-refractivity contribution in [3.05, 3.63) is 23.1 Å². The van der Waals surface area contributed by atoms with Crippen molar-refractivity contribution in [2.24, 2.45) is 0 Å². The topological polar surface area (TPSA) is 75.9 Å². The summed E-state index contributed by atoms with van der Waals surface area (Å²) in [4.78, 5) is 16.5. The molecule has 2 aromatic rings. The number of carbonyl (C=O) groups is 1. The molecule has 0 spiro atoms. The summed E-state index contributed by atoms with van der Waals surface area (Å²) in [6.45, 7) is 5.54. The maximum absolute atomic E-state index is 12.1. The molecule has 0 radical (unpaired) electrons. The molecule has 0 aromatic carbocycles. The molecule has 2 saturated heterocycles. The number of likely N-dealkylation sites (tertiary alicyclic amines) is 1. The number of aromatic nitrogens is 4. The van der Waals surface area contributed by atoms with Crippen LogP contribution in [0.1, 0.15) is 48.7 Å². The van der Waals surface area contributed by atoms with Crippen LogP contribution in [0.15, 0.2) is 6.07 Å². The maximum atomic E-state index is 12.1. The monoisotopic (exact) mass is 384 g/mol. The van der Waals surface area contributed by atoms with Gasteiger partial charge in [0.15, 0.2) is 11.5 Å². The molecule has 1 amide bonds. The predicted molar refractivity (Wildman–Crippen MR) is 103 cm³/mol. The van der Waals surface area contributed by atoms with Gasteiger partial charge in [-0.15, -0.1) is 10.2 Å². The van der Waals surface area contributed by atoms with Gasteiger partial charge in [0.25, 0.3) is 0 Å². The number of fused-ring (bicyclic) bond motifs is 2. The molecule has 0 unspecified atom stereocenters. The first-order chi connectivity index (χ1) is 13.8. The van der Waals surface area contributed by atoms with Crippen molar-refractivity contribution in [3.63, 3.8) is 0 Å². The van der Waals surface area contributed by atoms with Crippen LogP contribution in [0.2, 0.25) is 0 Å². The number of aryl methyl sites for hydroxylation is 2. The molecule has 0 saturated carbocycles. The van der Waals surface area contributed by atoms with Crippen molar-refractivity contribution < 1.29 is 9.53 Å². The lowest BCUT2D eigenvalue weighted by Gasteiger charge is -2.32. The summed E-state index contributed by atoms with van der Waals surface area (Å²) in [6.07, 6.45) is 6.45. The fourth-order valence-electron chi connectivity index (χ4n) is 4.70. The summed E-state index contributed by atoms with van der Waals surface area (Å²) in [7, 11) is 0. The van der Waals surface area contributed by atoms with Crippen molar-refractivity contribution in [2.45, 2.75) is 44.4 Å². The van der Waals surface area contributed by atoms with Gasteiger partial charge >= 0.3 is 0 Å². The molecule has 2 aromatic heterocycles. The quantitative estimate of drug-likeness (QED) is 0.784. The van der Waals surface area contributed by atoms with E-state index in [9.17, 15) is 4.79 Å². The van der Waals surface area contributed by atoms with Crippen LogP contribution in [0.4, 0.5) is 0 Å². The minimum atomic E-state index is 0.126. The first kappa shape index (κ1) is 18.0. The average Bonchev–Trinajstić information content (AvgIpc) is 3.29. The minimum absolute atomic E-state index is 0.126. The van der Waals surface area contributed by atoms with E-state index in [4.69, 9.17) is 9.84 Å². The standard InChI is InChI=1S/C20H28N6O2/c27-19-14-28-12-2-7-25(19)11-10-24-8-5-15(6-9-24)20-22-21-18-13-16-3-1-4-17(16)23-26(18)20/h13,15H,1-12,14H2. The zero-order valence-corrected chi connectivity index (χ0v) is 16.3. The maximum Gasteiger partial charge on any atom is 0.248 e. The van der Waals surface area contributed by atoms with Crippen LogP contribution in [0.5, 0.6) is 0 Å². The number of rotatable bonds is 4. The van der Waals surface area contributed by atoms with Crippen LogP contribution in [0.25, 0.3) is 5.65 Å². The van der Waals surface area contributed by atoms with E-state index in [1.807, 2.05) is 9.42 Å². The lowest BCUT2D eigenvalue weighted by atomic mass is 9.96. The van der Waals surface area contributed by atoms with Gasteiger partial charge in [-0.2, -0.15) is 9.61 Å². The second-order valence-electron chi connectivity index (χ2n) is 8.20. The normalized spacial score (nSPS) is 22.0. The van der Waals surface area contributed by atoms with Crippen LogP contribution >= 0.6 is 0 Å². The van der Waals surface area contributed by atoms with E-state index in [2.05, 4.69) is 21.2 Å². The number of hydrogen-bond donors (Lipinski definition) is 0. The minimum Gasteiger partial charge on any atom is -0.372 e. The summed E-state index contributed by atoms with van der Waals surface area (Å²) < 4.78 is 7.31. The molecule has 0 bridgehead atoms. The molecule has 2 fully saturated rings. The molecule has 1 aliphatic carbocycles. The Hall–Kier alpha value is -2.06. The van der Waals surface area contributed by atoms with Crippen molar-refractivity contribution >= 4 is 11.6 Å². The molecule has 4 heterocycles. The highest BCUT2D eigenvalue weighted by Crippen LogP contribution is 2.28. The lowest BCUT2D eigenvalue weighted by molar-refractivity contribution is -0.134. The molecule has 8 heteroatoms. The van der Waals surface area contributed by atoms with Gasteiger partial charge in [0, 0.05) is 32.2 Å². The largest absolute Gasteiger partial charge is 0.372 e. The van der Waals surface area contributed by atoms with Gasteiger partial charge in [-0.1, -0.05) is 0 Å².